The van der Waals surface area contributed by atoms with Crippen LogP contribution in [0.15, 0.2) is 0 Å². The summed E-state index contributed by atoms with van der Waals surface area (Å²) < 4.78 is 28.6. The highest BCUT2D eigenvalue weighted by molar-refractivity contribution is 4.97. The van der Waals surface area contributed by atoms with Crippen LogP contribution in [0, 0.1) is 0 Å². The number of hydrogen-bond acceptors (Lipinski definition) is 5. The van der Waals surface area contributed by atoms with E-state index in [0.29, 0.717) is 6.61 Å². The summed E-state index contributed by atoms with van der Waals surface area (Å²) in [5.74, 6) is -1.10. The maximum absolute atomic E-state index is 5.93. The number of epoxide rings is 1. The molecule has 17 heavy (non-hydrogen) atoms. The van der Waals surface area contributed by atoms with Crippen LogP contribution in [-0.4, -0.2) is 49.2 Å². The number of ether oxygens (including phenoxy) is 5. The van der Waals surface area contributed by atoms with Gasteiger partial charge >= 0.3 is 0 Å². The summed E-state index contributed by atoms with van der Waals surface area (Å²) in [5.41, 5.74) is 0. The Morgan fingerprint density at radius 2 is 1.35 bits per heavy atom. The zero-order chi connectivity index (χ0) is 12.3. The first-order valence-electron chi connectivity index (χ1n) is 6.15. The van der Waals surface area contributed by atoms with E-state index >= 15 is 0 Å². The topological polar surface area (TPSA) is 49.5 Å². The first kappa shape index (κ1) is 11.9. The van der Waals surface area contributed by atoms with E-state index in [-0.39, 0.29) is 24.4 Å². The molecule has 0 aromatic heterocycles. The third kappa shape index (κ3) is 2.35. The molecule has 5 heteroatoms. The Labute approximate surface area is 101 Å². The molecule has 0 aromatic rings. The average Bonchev–Trinajstić information content (AvgIpc) is 2.90. The van der Waals surface area contributed by atoms with Gasteiger partial charge in [-0.15, -0.1) is 0 Å². The van der Waals surface area contributed by atoms with Crippen LogP contribution < -0.4 is 0 Å². The summed E-state index contributed by atoms with van der Waals surface area (Å²) in [6.07, 6.45) is -0.0955. The second kappa shape index (κ2) is 3.65. The monoisotopic (exact) mass is 244 g/mol. The second-order valence-electron chi connectivity index (χ2n) is 5.80. The second-order valence-corrected chi connectivity index (χ2v) is 5.80. The predicted octanol–water partition coefficient (Wildman–Crippen LogP) is 1.06. The van der Waals surface area contributed by atoms with Crippen LogP contribution in [0.1, 0.15) is 27.7 Å². The van der Waals surface area contributed by atoms with Crippen molar-refractivity contribution in [2.75, 3.05) is 13.2 Å². The quantitative estimate of drug-likeness (QED) is 0.680. The van der Waals surface area contributed by atoms with Crippen LogP contribution in [-0.2, 0) is 23.7 Å². The maximum atomic E-state index is 5.93. The third-order valence-corrected chi connectivity index (χ3v) is 3.29. The lowest BCUT2D eigenvalue weighted by Gasteiger charge is -2.23. The Hall–Kier alpha value is -0.200. The summed E-state index contributed by atoms with van der Waals surface area (Å²) >= 11 is 0. The van der Waals surface area contributed by atoms with E-state index in [1.54, 1.807) is 0 Å². The lowest BCUT2D eigenvalue weighted by Crippen LogP contribution is -2.40. The van der Waals surface area contributed by atoms with Crippen LogP contribution >= 0.6 is 0 Å². The van der Waals surface area contributed by atoms with E-state index in [0.717, 1.165) is 6.61 Å². The van der Waals surface area contributed by atoms with Gasteiger partial charge in [0.25, 0.3) is 0 Å². The standard InChI is InChI=1S/C12H20O5/c1-11(2)14-6-8(15-11)10-9(7-5-13-7)16-12(3,4)17-10/h7-10H,5-6H2,1-4H3/t7-,8+,9-,10-/m0/s1. The molecule has 3 rings (SSSR count). The fraction of sp³-hybridized carbons (Fsp3) is 1.00. The highest BCUT2D eigenvalue weighted by Crippen LogP contribution is 2.39. The highest BCUT2D eigenvalue weighted by atomic mass is 16.8. The van der Waals surface area contributed by atoms with Crippen molar-refractivity contribution in [1.29, 1.82) is 0 Å². The number of rotatable bonds is 2. The molecule has 5 nitrogen and oxygen atoms in total. The molecular formula is C12H20O5. The Kier molecular flexibility index (Phi) is 2.55. The molecule has 4 atom stereocenters. The van der Waals surface area contributed by atoms with Gasteiger partial charge in [0.1, 0.15) is 24.4 Å². The zero-order valence-electron chi connectivity index (χ0n) is 10.8. The van der Waals surface area contributed by atoms with Gasteiger partial charge in [-0.3, -0.25) is 0 Å². The van der Waals surface area contributed by atoms with Crippen molar-refractivity contribution in [3.63, 3.8) is 0 Å². The van der Waals surface area contributed by atoms with E-state index < -0.39 is 11.6 Å². The maximum Gasteiger partial charge on any atom is 0.164 e. The predicted molar refractivity (Wildman–Crippen MR) is 58.5 cm³/mol. The van der Waals surface area contributed by atoms with Crippen LogP contribution in [0.5, 0.6) is 0 Å². The molecule has 3 aliphatic heterocycles. The normalized spacial score (nSPS) is 47.3. The van der Waals surface area contributed by atoms with Crippen molar-refractivity contribution in [3.8, 4) is 0 Å². The lowest BCUT2D eigenvalue weighted by atomic mass is 10.1. The lowest BCUT2D eigenvalue weighted by molar-refractivity contribution is -0.174. The van der Waals surface area contributed by atoms with Crippen LogP contribution in [0.4, 0.5) is 0 Å². The molecule has 0 amide bonds. The molecule has 0 bridgehead atoms. The van der Waals surface area contributed by atoms with Gasteiger partial charge < -0.3 is 23.7 Å². The first-order chi connectivity index (χ1) is 7.86. The van der Waals surface area contributed by atoms with Crippen LogP contribution in [0.2, 0.25) is 0 Å². The smallest absolute Gasteiger partial charge is 0.164 e. The van der Waals surface area contributed by atoms with Crippen LogP contribution in [0.25, 0.3) is 0 Å². The van der Waals surface area contributed by atoms with E-state index in [1.165, 1.54) is 0 Å². The van der Waals surface area contributed by atoms with E-state index in [4.69, 9.17) is 23.7 Å². The Balaban J connectivity index is 1.73. The molecule has 98 valence electrons. The fourth-order valence-electron chi connectivity index (χ4n) is 2.51. The number of hydrogen-bond donors (Lipinski definition) is 0. The van der Waals surface area contributed by atoms with E-state index in [9.17, 15) is 0 Å². The highest BCUT2D eigenvalue weighted by Gasteiger charge is 2.55. The van der Waals surface area contributed by atoms with Gasteiger partial charge in [-0.05, 0) is 27.7 Å². The molecule has 3 saturated heterocycles. The van der Waals surface area contributed by atoms with Gasteiger partial charge in [-0.1, -0.05) is 0 Å². The largest absolute Gasteiger partial charge is 0.370 e. The van der Waals surface area contributed by atoms with Crippen molar-refractivity contribution in [2.24, 2.45) is 0 Å². The summed E-state index contributed by atoms with van der Waals surface area (Å²) in [6.45, 7) is 8.96. The van der Waals surface area contributed by atoms with Crippen molar-refractivity contribution in [3.05, 3.63) is 0 Å². The Morgan fingerprint density at radius 3 is 1.82 bits per heavy atom. The molecule has 0 aromatic carbocycles. The van der Waals surface area contributed by atoms with Gasteiger partial charge in [0.05, 0.1) is 13.2 Å². The SMILES string of the molecule is CC1(C)O[C@@H]([C@@H]2CO2)[C@H]([C@H]2COC(C)(C)O2)O1. The molecule has 0 saturated carbocycles. The summed E-state index contributed by atoms with van der Waals surface area (Å²) in [4.78, 5) is 0. The summed E-state index contributed by atoms with van der Waals surface area (Å²) in [5, 5.41) is 0. The molecule has 0 aliphatic carbocycles. The third-order valence-electron chi connectivity index (χ3n) is 3.29. The minimum absolute atomic E-state index is 0.0486. The Morgan fingerprint density at radius 1 is 0.765 bits per heavy atom. The van der Waals surface area contributed by atoms with Gasteiger partial charge in [-0.2, -0.15) is 0 Å². The van der Waals surface area contributed by atoms with E-state index in [1.807, 2.05) is 27.7 Å². The average molecular weight is 244 g/mol. The van der Waals surface area contributed by atoms with Crippen molar-refractivity contribution in [2.45, 2.75) is 63.7 Å². The van der Waals surface area contributed by atoms with Gasteiger partial charge in [-0.25, -0.2) is 0 Å². The van der Waals surface area contributed by atoms with Crippen molar-refractivity contribution >= 4 is 0 Å². The molecule has 0 N–H and O–H groups in total. The molecule has 0 unspecified atom stereocenters. The van der Waals surface area contributed by atoms with E-state index in [2.05, 4.69) is 0 Å². The summed E-state index contributed by atoms with van der Waals surface area (Å²) in [7, 11) is 0. The van der Waals surface area contributed by atoms with Gasteiger partial charge in [0.2, 0.25) is 0 Å². The zero-order valence-corrected chi connectivity index (χ0v) is 10.8. The molecular weight excluding hydrogens is 224 g/mol. The fourth-order valence-corrected chi connectivity index (χ4v) is 2.51. The van der Waals surface area contributed by atoms with Crippen molar-refractivity contribution < 1.29 is 23.7 Å². The Bertz CT molecular complexity index is 310. The van der Waals surface area contributed by atoms with Gasteiger partial charge in [0, 0.05) is 0 Å². The summed E-state index contributed by atoms with van der Waals surface area (Å²) in [6, 6.07) is 0. The van der Waals surface area contributed by atoms with Crippen LogP contribution in [0.3, 0.4) is 0 Å². The first-order valence-corrected chi connectivity index (χ1v) is 6.15. The van der Waals surface area contributed by atoms with Crippen molar-refractivity contribution in [1.82, 2.24) is 0 Å². The molecule has 3 fully saturated rings. The molecule has 0 spiro atoms. The van der Waals surface area contributed by atoms with Gasteiger partial charge in [0.15, 0.2) is 11.6 Å². The minimum Gasteiger partial charge on any atom is -0.370 e. The molecule has 3 aliphatic rings. The molecule has 3 heterocycles. The molecule has 0 radical (unpaired) electrons. The minimum atomic E-state index is -0.572.